The first-order valence-electron chi connectivity index (χ1n) is 7.43. The summed E-state index contributed by atoms with van der Waals surface area (Å²) in [4.78, 5) is 10.8. The Kier molecular flexibility index (Phi) is 9.39. The van der Waals surface area contributed by atoms with Crippen LogP contribution in [0.5, 0.6) is 0 Å². The Bertz CT molecular complexity index is 464. The van der Waals surface area contributed by atoms with Crippen LogP contribution < -0.4 is 0 Å². The van der Waals surface area contributed by atoms with Crippen molar-refractivity contribution >= 4 is 11.5 Å². The number of ether oxygens (including phenoxy) is 1. The van der Waals surface area contributed by atoms with Crippen LogP contribution in [-0.4, -0.2) is 24.3 Å². The average Bonchev–Trinajstić information content (AvgIpc) is 2.45. The second-order valence-corrected chi connectivity index (χ2v) is 4.98. The van der Waals surface area contributed by atoms with E-state index in [0.29, 0.717) is 6.42 Å². The van der Waals surface area contributed by atoms with Gasteiger partial charge >= 0.3 is 5.97 Å². The summed E-state index contributed by atoms with van der Waals surface area (Å²) in [6.45, 7) is 13.8. The van der Waals surface area contributed by atoms with E-state index >= 15 is 0 Å². The fourth-order valence-corrected chi connectivity index (χ4v) is 2.08. The van der Waals surface area contributed by atoms with Crippen LogP contribution in [0.15, 0.2) is 24.8 Å². The lowest BCUT2D eigenvalue weighted by Gasteiger charge is -2.17. The van der Waals surface area contributed by atoms with Crippen molar-refractivity contribution in [2.75, 3.05) is 13.2 Å². The quantitative estimate of drug-likeness (QED) is 0.809. The molecule has 0 saturated carbocycles. The van der Waals surface area contributed by atoms with Crippen LogP contribution in [-0.2, 0) is 9.53 Å². The average molecular weight is 292 g/mol. The Hall–Kier alpha value is -1.61. The number of aryl methyl sites for hydroxylation is 2. The van der Waals surface area contributed by atoms with Gasteiger partial charge in [0.1, 0.15) is 0 Å². The highest BCUT2D eigenvalue weighted by atomic mass is 16.5. The Morgan fingerprint density at radius 3 is 2.43 bits per heavy atom. The summed E-state index contributed by atoms with van der Waals surface area (Å²) in [6.07, 6.45) is 0.619. The van der Waals surface area contributed by atoms with Gasteiger partial charge in [0.15, 0.2) is 0 Å². The number of benzene rings is 1. The van der Waals surface area contributed by atoms with Gasteiger partial charge in [0.25, 0.3) is 0 Å². The maximum Gasteiger partial charge on any atom is 0.302 e. The third-order valence-corrected chi connectivity index (χ3v) is 3.08. The molecule has 1 N–H and O–H groups in total. The summed E-state index contributed by atoms with van der Waals surface area (Å²) in [7, 11) is 0. The standard InChI is InChI=1S/C16H22O3.C2H6/c1-11-5-6-16(12(2)7-11)13(3)8-15(9-17)10-19-14(4)18;1-2/h5-7,15,17H,3,8-10H2,1-2,4H3;1-2H3/t15-;/m1./s1. The van der Waals surface area contributed by atoms with E-state index in [1.165, 1.54) is 18.1 Å². The molecule has 3 nitrogen and oxygen atoms in total. The molecule has 1 rings (SSSR count). The van der Waals surface area contributed by atoms with Crippen molar-refractivity contribution in [1.29, 1.82) is 0 Å². The molecule has 21 heavy (non-hydrogen) atoms. The van der Waals surface area contributed by atoms with Crippen LogP contribution in [0.3, 0.4) is 0 Å². The SMILES string of the molecule is C=C(C[C@H](CO)COC(C)=O)c1ccc(C)cc1C.CC. The number of carbonyl (C=O) groups is 1. The molecule has 3 heteroatoms. The van der Waals surface area contributed by atoms with Crippen LogP contribution >= 0.6 is 0 Å². The van der Waals surface area contributed by atoms with Crippen LogP contribution in [0.2, 0.25) is 0 Å². The Balaban J connectivity index is 0.00000191. The second kappa shape index (κ2) is 10.2. The van der Waals surface area contributed by atoms with E-state index in [1.54, 1.807) is 0 Å². The summed E-state index contributed by atoms with van der Waals surface area (Å²) < 4.78 is 4.94. The molecule has 0 unspecified atom stereocenters. The molecule has 0 amide bonds. The van der Waals surface area contributed by atoms with E-state index in [9.17, 15) is 9.90 Å². The van der Waals surface area contributed by atoms with Crippen LogP contribution in [0.25, 0.3) is 5.57 Å². The second-order valence-electron chi connectivity index (χ2n) is 4.98. The normalized spacial score (nSPS) is 11.1. The summed E-state index contributed by atoms with van der Waals surface area (Å²) in [5.41, 5.74) is 4.46. The zero-order chi connectivity index (χ0) is 16.4. The minimum absolute atomic E-state index is 0.0167. The lowest BCUT2D eigenvalue weighted by Crippen LogP contribution is -2.16. The highest BCUT2D eigenvalue weighted by molar-refractivity contribution is 5.67. The number of allylic oxidation sites excluding steroid dienone is 1. The van der Waals surface area contributed by atoms with Crippen molar-refractivity contribution < 1.29 is 14.6 Å². The molecule has 1 aromatic carbocycles. The molecule has 0 fully saturated rings. The van der Waals surface area contributed by atoms with E-state index in [0.717, 1.165) is 11.1 Å². The van der Waals surface area contributed by atoms with Gasteiger partial charge in [-0.15, -0.1) is 0 Å². The molecule has 118 valence electrons. The Morgan fingerprint density at radius 1 is 1.33 bits per heavy atom. The van der Waals surface area contributed by atoms with Crippen LogP contribution in [0, 0.1) is 19.8 Å². The van der Waals surface area contributed by atoms with E-state index in [2.05, 4.69) is 19.6 Å². The van der Waals surface area contributed by atoms with E-state index in [1.807, 2.05) is 32.9 Å². The number of esters is 1. The molecule has 1 atom stereocenters. The fraction of sp³-hybridized carbons (Fsp3) is 0.500. The van der Waals surface area contributed by atoms with E-state index in [-0.39, 0.29) is 25.1 Å². The maximum absolute atomic E-state index is 10.8. The third kappa shape index (κ3) is 7.09. The fourth-order valence-electron chi connectivity index (χ4n) is 2.08. The predicted molar refractivity (Wildman–Crippen MR) is 88.1 cm³/mol. The molecular formula is C18H28O3. The van der Waals surface area contributed by atoms with E-state index < -0.39 is 0 Å². The molecule has 0 bridgehead atoms. The topological polar surface area (TPSA) is 46.5 Å². The van der Waals surface area contributed by atoms with Crippen LogP contribution in [0.4, 0.5) is 0 Å². The first-order valence-corrected chi connectivity index (χ1v) is 7.43. The molecule has 0 aliphatic carbocycles. The van der Waals surface area contributed by atoms with Crippen molar-refractivity contribution in [1.82, 2.24) is 0 Å². The van der Waals surface area contributed by atoms with Crippen molar-refractivity contribution in [3.63, 3.8) is 0 Å². The molecule has 0 aliphatic rings. The van der Waals surface area contributed by atoms with Gasteiger partial charge in [-0.25, -0.2) is 0 Å². The highest BCUT2D eigenvalue weighted by Crippen LogP contribution is 2.24. The zero-order valence-corrected chi connectivity index (χ0v) is 13.9. The van der Waals surface area contributed by atoms with Gasteiger partial charge in [-0.3, -0.25) is 4.79 Å². The lowest BCUT2D eigenvalue weighted by atomic mass is 9.93. The van der Waals surface area contributed by atoms with Gasteiger partial charge in [-0.05, 0) is 37.0 Å². The molecule has 0 saturated heterocycles. The number of aliphatic hydroxyl groups excluding tert-OH is 1. The molecule has 0 aliphatic heterocycles. The number of carbonyl (C=O) groups excluding carboxylic acids is 1. The van der Waals surface area contributed by atoms with Crippen molar-refractivity contribution in [3.8, 4) is 0 Å². The Labute approximate surface area is 128 Å². The third-order valence-electron chi connectivity index (χ3n) is 3.08. The molecule has 0 heterocycles. The van der Waals surface area contributed by atoms with Gasteiger partial charge in [-0.2, -0.15) is 0 Å². The molecule has 1 aromatic rings. The number of hydrogen-bond donors (Lipinski definition) is 1. The smallest absolute Gasteiger partial charge is 0.302 e. The van der Waals surface area contributed by atoms with Crippen LogP contribution in [0.1, 0.15) is 43.9 Å². The summed E-state index contributed by atoms with van der Waals surface area (Å²) >= 11 is 0. The van der Waals surface area contributed by atoms with Crippen molar-refractivity contribution in [2.45, 2.75) is 41.0 Å². The summed E-state index contributed by atoms with van der Waals surface area (Å²) in [5, 5.41) is 9.32. The minimum Gasteiger partial charge on any atom is -0.465 e. The summed E-state index contributed by atoms with van der Waals surface area (Å²) in [5.74, 6) is -0.423. The number of aliphatic hydroxyl groups is 1. The number of hydrogen-bond acceptors (Lipinski definition) is 3. The predicted octanol–water partition coefficient (Wildman–Crippen LogP) is 3.90. The molecule has 0 aromatic heterocycles. The van der Waals surface area contributed by atoms with Gasteiger partial charge in [0, 0.05) is 19.4 Å². The first-order chi connectivity index (χ1) is 9.93. The highest BCUT2D eigenvalue weighted by Gasteiger charge is 2.13. The largest absolute Gasteiger partial charge is 0.465 e. The molecular weight excluding hydrogens is 264 g/mol. The van der Waals surface area contributed by atoms with Crippen molar-refractivity contribution in [2.24, 2.45) is 5.92 Å². The lowest BCUT2D eigenvalue weighted by molar-refractivity contribution is -0.142. The van der Waals surface area contributed by atoms with Crippen molar-refractivity contribution in [3.05, 3.63) is 41.5 Å². The van der Waals surface area contributed by atoms with Gasteiger partial charge in [0.05, 0.1) is 6.61 Å². The summed E-state index contributed by atoms with van der Waals surface area (Å²) in [6, 6.07) is 6.21. The first kappa shape index (κ1) is 19.4. The van der Waals surface area contributed by atoms with Gasteiger partial charge in [0.2, 0.25) is 0 Å². The van der Waals surface area contributed by atoms with Gasteiger partial charge < -0.3 is 9.84 Å². The zero-order valence-electron chi connectivity index (χ0n) is 13.9. The van der Waals surface area contributed by atoms with Gasteiger partial charge in [-0.1, -0.05) is 44.2 Å². The Morgan fingerprint density at radius 2 is 1.95 bits per heavy atom. The monoisotopic (exact) mass is 292 g/mol. The molecule has 0 spiro atoms. The molecule has 0 radical (unpaired) electrons. The number of rotatable bonds is 6. The maximum atomic E-state index is 10.8. The minimum atomic E-state index is -0.324. The van der Waals surface area contributed by atoms with E-state index in [4.69, 9.17) is 4.74 Å².